The van der Waals surface area contributed by atoms with Gasteiger partial charge in [0.1, 0.15) is 17.3 Å². The van der Waals surface area contributed by atoms with Gasteiger partial charge in [-0.15, -0.1) is 0 Å². The fraction of sp³-hybridized carbons (Fsp3) is 0.160. The number of aryl methyl sites for hydroxylation is 1. The highest BCUT2D eigenvalue weighted by Crippen LogP contribution is 2.43. The average molecular weight is 430 g/mol. The molecule has 7 heteroatoms. The predicted octanol–water partition coefficient (Wildman–Crippen LogP) is 4.03. The summed E-state index contributed by atoms with van der Waals surface area (Å²) >= 11 is 0. The number of rotatable bonds is 5. The van der Waals surface area contributed by atoms with Gasteiger partial charge in [0, 0.05) is 18.1 Å². The molecule has 2 aromatic carbocycles. The first-order valence-corrected chi connectivity index (χ1v) is 9.96. The van der Waals surface area contributed by atoms with E-state index in [0.29, 0.717) is 22.7 Å². The minimum Gasteiger partial charge on any atom is -0.507 e. The number of carbonyl (C=O) groups excluding carboxylic acids is 2. The van der Waals surface area contributed by atoms with Crippen LogP contribution in [0.3, 0.4) is 0 Å². The van der Waals surface area contributed by atoms with Crippen molar-refractivity contribution >= 4 is 23.1 Å². The van der Waals surface area contributed by atoms with Crippen LogP contribution in [0.5, 0.6) is 11.5 Å². The van der Waals surface area contributed by atoms with Crippen molar-refractivity contribution in [2.45, 2.75) is 13.0 Å². The van der Waals surface area contributed by atoms with Crippen molar-refractivity contribution in [3.63, 3.8) is 0 Å². The van der Waals surface area contributed by atoms with E-state index in [1.807, 2.05) is 25.1 Å². The molecular weight excluding hydrogens is 408 g/mol. The van der Waals surface area contributed by atoms with Gasteiger partial charge in [0.05, 0.1) is 31.4 Å². The Bertz CT molecular complexity index is 1220. The summed E-state index contributed by atoms with van der Waals surface area (Å²) in [5.74, 6) is -1.02. The first kappa shape index (κ1) is 21.1. The maximum Gasteiger partial charge on any atom is 0.300 e. The van der Waals surface area contributed by atoms with Crippen molar-refractivity contribution in [1.82, 2.24) is 4.98 Å². The molecule has 1 fully saturated rings. The summed E-state index contributed by atoms with van der Waals surface area (Å²) in [4.78, 5) is 31.9. The molecule has 1 saturated heterocycles. The van der Waals surface area contributed by atoms with Crippen molar-refractivity contribution in [3.05, 3.63) is 89.3 Å². The van der Waals surface area contributed by atoms with Crippen LogP contribution in [0.1, 0.15) is 22.7 Å². The molecular formula is C25H22N2O5. The van der Waals surface area contributed by atoms with Gasteiger partial charge in [0.25, 0.3) is 11.7 Å². The third-order valence-corrected chi connectivity index (χ3v) is 5.41. The van der Waals surface area contributed by atoms with Gasteiger partial charge < -0.3 is 14.6 Å². The molecule has 1 amide bonds. The third-order valence-electron chi connectivity index (χ3n) is 5.41. The summed E-state index contributed by atoms with van der Waals surface area (Å²) in [5.41, 5.74) is 2.37. The van der Waals surface area contributed by atoms with Crippen LogP contribution in [0.25, 0.3) is 5.76 Å². The zero-order valence-electron chi connectivity index (χ0n) is 17.9. The summed E-state index contributed by atoms with van der Waals surface area (Å²) in [6.07, 6.45) is 3.16. The van der Waals surface area contributed by atoms with Gasteiger partial charge in [-0.2, -0.15) is 0 Å². The number of anilines is 1. The SMILES string of the molecule is COc1ccc(OC)c(/C(O)=C2\C(=O)C(=O)N(c3cccc(C)c3)C2c2ccncc2)c1. The van der Waals surface area contributed by atoms with Gasteiger partial charge in [0.2, 0.25) is 0 Å². The van der Waals surface area contributed by atoms with E-state index in [2.05, 4.69) is 4.98 Å². The van der Waals surface area contributed by atoms with Crippen LogP contribution in [0.4, 0.5) is 5.69 Å². The van der Waals surface area contributed by atoms with Crippen LogP contribution in [0, 0.1) is 6.92 Å². The Balaban J connectivity index is 1.98. The third kappa shape index (κ3) is 3.58. The van der Waals surface area contributed by atoms with Crippen LogP contribution < -0.4 is 14.4 Å². The first-order valence-electron chi connectivity index (χ1n) is 9.96. The Morgan fingerprint density at radius 2 is 1.75 bits per heavy atom. The molecule has 32 heavy (non-hydrogen) atoms. The van der Waals surface area contributed by atoms with Crippen molar-refractivity contribution in [2.75, 3.05) is 19.1 Å². The first-order chi connectivity index (χ1) is 15.5. The fourth-order valence-electron chi connectivity index (χ4n) is 3.88. The highest BCUT2D eigenvalue weighted by Gasteiger charge is 2.47. The lowest BCUT2D eigenvalue weighted by Gasteiger charge is -2.25. The Labute approximate surface area is 185 Å². The number of aromatic nitrogens is 1. The van der Waals surface area contributed by atoms with E-state index in [4.69, 9.17) is 9.47 Å². The smallest absolute Gasteiger partial charge is 0.300 e. The summed E-state index contributed by atoms with van der Waals surface area (Å²) in [6, 6.07) is 14.8. The lowest BCUT2D eigenvalue weighted by Crippen LogP contribution is -2.29. The van der Waals surface area contributed by atoms with E-state index < -0.39 is 17.7 Å². The summed E-state index contributed by atoms with van der Waals surface area (Å²) in [5, 5.41) is 11.3. The number of Topliss-reactive ketones (excluding diaryl/α,β-unsaturated/α-hetero) is 1. The highest BCUT2D eigenvalue weighted by atomic mass is 16.5. The zero-order valence-corrected chi connectivity index (χ0v) is 17.9. The van der Waals surface area contributed by atoms with Gasteiger partial charge in [-0.05, 0) is 60.5 Å². The molecule has 0 radical (unpaired) electrons. The molecule has 1 atom stereocenters. The molecule has 4 rings (SSSR count). The van der Waals surface area contributed by atoms with Gasteiger partial charge in [0.15, 0.2) is 0 Å². The van der Waals surface area contributed by atoms with Crippen LogP contribution >= 0.6 is 0 Å². The number of methoxy groups -OCH3 is 2. The van der Waals surface area contributed by atoms with Crippen LogP contribution in [0.2, 0.25) is 0 Å². The molecule has 1 aromatic heterocycles. The van der Waals surface area contributed by atoms with E-state index in [1.54, 1.807) is 48.8 Å². The van der Waals surface area contributed by atoms with Crippen molar-refractivity contribution < 1.29 is 24.2 Å². The van der Waals surface area contributed by atoms with Crippen molar-refractivity contribution in [3.8, 4) is 11.5 Å². The van der Waals surface area contributed by atoms with Gasteiger partial charge in [-0.1, -0.05) is 12.1 Å². The van der Waals surface area contributed by atoms with Crippen LogP contribution in [-0.2, 0) is 9.59 Å². The lowest BCUT2D eigenvalue weighted by molar-refractivity contribution is -0.132. The molecule has 162 valence electrons. The van der Waals surface area contributed by atoms with Gasteiger partial charge in [-0.25, -0.2) is 0 Å². The number of aliphatic hydroxyl groups excluding tert-OH is 1. The molecule has 3 aromatic rings. The van der Waals surface area contributed by atoms with E-state index in [9.17, 15) is 14.7 Å². The molecule has 0 spiro atoms. The second-order valence-corrected chi connectivity index (χ2v) is 7.35. The Hall–Kier alpha value is -4.13. The molecule has 1 aliphatic rings. The standard InChI is InChI=1S/C25H22N2O5/c1-15-5-4-6-17(13-15)27-22(16-9-11-26-12-10-16)21(24(29)25(27)30)23(28)19-14-18(31-2)7-8-20(19)32-3/h4-14,22,28H,1-3H3/b23-21+. The molecule has 2 heterocycles. The topological polar surface area (TPSA) is 89.0 Å². The predicted molar refractivity (Wildman–Crippen MR) is 120 cm³/mol. The fourth-order valence-corrected chi connectivity index (χ4v) is 3.88. The van der Waals surface area contributed by atoms with Gasteiger partial charge >= 0.3 is 0 Å². The number of nitrogens with zero attached hydrogens (tertiary/aromatic N) is 2. The number of aliphatic hydroxyl groups is 1. The maximum atomic E-state index is 13.2. The molecule has 0 aliphatic carbocycles. The second kappa shape index (κ2) is 8.55. The van der Waals surface area contributed by atoms with E-state index in [1.165, 1.54) is 19.1 Å². The van der Waals surface area contributed by atoms with Crippen LogP contribution in [0.15, 0.2) is 72.6 Å². The number of benzene rings is 2. The molecule has 0 bridgehead atoms. The monoisotopic (exact) mass is 430 g/mol. The normalized spacial score (nSPS) is 17.5. The number of ether oxygens (including phenoxy) is 2. The van der Waals surface area contributed by atoms with Crippen molar-refractivity contribution in [1.29, 1.82) is 0 Å². The van der Waals surface area contributed by atoms with Crippen molar-refractivity contribution in [2.24, 2.45) is 0 Å². The molecule has 0 saturated carbocycles. The minimum atomic E-state index is -0.837. The summed E-state index contributed by atoms with van der Waals surface area (Å²) in [7, 11) is 2.96. The van der Waals surface area contributed by atoms with E-state index in [0.717, 1.165) is 5.56 Å². The number of hydrogen-bond donors (Lipinski definition) is 1. The Kier molecular flexibility index (Phi) is 5.64. The Morgan fingerprint density at radius 3 is 2.41 bits per heavy atom. The van der Waals surface area contributed by atoms with Gasteiger partial charge in [-0.3, -0.25) is 19.5 Å². The molecule has 1 N–H and O–H groups in total. The number of pyridine rings is 1. The number of ketones is 1. The summed E-state index contributed by atoms with van der Waals surface area (Å²) < 4.78 is 10.7. The molecule has 7 nitrogen and oxygen atoms in total. The lowest BCUT2D eigenvalue weighted by atomic mass is 9.95. The maximum absolute atomic E-state index is 13.2. The zero-order chi connectivity index (χ0) is 22.8. The quantitative estimate of drug-likeness (QED) is 0.373. The molecule has 1 aliphatic heterocycles. The summed E-state index contributed by atoms with van der Waals surface area (Å²) in [6.45, 7) is 1.91. The Morgan fingerprint density at radius 1 is 1.00 bits per heavy atom. The number of hydrogen-bond acceptors (Lipinski definition) is 6. The number of amides is 1. The average Bonchev–Trinajstić information content (AvgIpc) is 3.09. The van der Waals surface area contributed by atoms with E-state index in [-0.39, 0.29) is 16.9 Å². The minimum absolute atomic E-state index is 0.0331. The second-order valence-electron chi connectivity index (χ2n) is 7.35. The largest absolute Gasteiger partial charge is 0.507 e. The number of carbonyl (C=O) groups is 2. The van der Waals surface area contributed by atoms with E-state index >= 15 is 0 Å². The highest BCUT2D eigenvalue weighted by molar-refractivity contribution is 6.51. The van der Waals surface area contributed by atoms with Crippen LogP contribution in [-0.4, -0.2) is 36.0 Å². The molecule has 1 unspecified atom stereocenters.